The van der Waals surface area contributed by atoms with Gasteiger partial charge in [0.05, 0.1) is 22.2 Å². The van der Waals surface area contributed by atoms with Crippen LogP contribution in [0.25, 0.3) is 83.7 Å². The monoisotopic (exact) mass is 590 g/mol. The second-order valence-electron chi connectivity index (χ2n) is 11.3. The zero-order valence-corrected chi connectivity index (χ0v) is 24.7. The molecule has 0 saturated carbocycles. The molecule has 3 heterocycles. The summed E-state index contributed by atoms with van der Waals surface area (Å²) >= 11 is 0. The number of benzene rings is 6. The van der Waals surface area contributed by atoms with E-state index < -0.39 is 0 Å². The molecule has 0 aliphatic carbocycles. The van der Waals surface area contributed by atoms with E-state index in [-0.39, 0.29) is 0 Å². The molecule has 0 radical (unpaired) electrons. The van der Waals surface area contributed by atoms with Gasteiger partial charge in [0.25, 0.3) is 0 Å². The predicted molar refractivity (Wildman–Crippen MR) is 186 cm³/mol. The van der Waals surface area contributed by atoms with Crippen molar-refractivity contribution in [2.24, 2.45) is 0 Å². The van der Waals surface area contributed by atoms with Crippen molar-refractivity contribution in [1.82, 2.24) is 19.5 Å². The number of furan rings is 1. The van der Waals surface area contributed by atoms with Gasteiger partial charge in [0.15, 0.2) is 5.82 Å². The van der Waals surface area contributed by atoms with Crippen molar-refractivity contribution in [3.8, 4) is 50.7 Å². The van der Waals surface area contributed by atoms with E-state index in [4.69, 9.17) is 19.4 Å². The van der Waals surface area contributed by atoms with E-state index in [9.17, 15) is 0 Å². The van der Waals surface area contributed by atoms with Gasteiger partial charge in [0.2, 0.25) is 0 Å². The Hall–Kier alpha value is -6.33. The first-order valence-electron chi connectivity index (χ1n) is 15.3. The first-order chi connectivity index (χ1) is 22.8. The number of nitrogens with zero attached hydrogens (tertiary/aromatic N) is 4. The molecule has 0 saturated heterocycles. The number of aromatic nitrogens is 4. The average molecular weight is 591 g/mol. The summed E-state index contributed by atoms with van der Waals surface area (Å²) in [6, 6.07) is 50.0. The summed E-state index contributed by atoms with van der Waals surface area (Å²) in [7, 11) is 0. The van der Waals surface area contributed by atoms with Crippen molar-refractivity contribution in [3.05, 3.63) is 158 Å². The van der Waals surface area contributed by atoms with Crippen molar-refractivity contribution in [3.63, 3.8) is 0 Å². The second kappa shape index (κ2) is 10.7. The van der Waals surface area contributed by atoms with Gasteiger partial charge in [-0.1, -0.05) is 115 Å². The van der Waals surface area contributed by atoms with Crippen LogP contribution in [0.2, 0.25) is 0 Å². The highest BCUT2D eigenvalue weighted by Crippen LogP contribution is 2.39. The van der Waals surface area contributed by atoms with Crippen LogP contribution in [-0.2, 0) is 0 Å². The fraction of sp³-hybridized carbons (Fsp3) is 0. The van der Waals surface area contributed by atoms with E-state index in [0.717, 1.165) is 66.7 Å². The average Bonchev–Trinajstić information content (AvgIpc) is 3.72. The Kier molecular flexibility index (Phi) is 6.06. The molecular formula is C41H26N4O. The standard InChI is InChI=1S/C41H26N4O/c1-3-11-27(12-4-1)28-21-23-29(24-22-28)32-15-9-16-33-34-17-10-18-35(39(34)46-38(32)33)40-42-25-30(26-43-40)41-44-36-19-7-8-20-37(36)45(41)31-13-5-2-6-14-31/h1-26H. The highest BCUT2D eigenvalue weighted by Gasteiger charge is 2.19. The van der Waals surface area contributed by atoms with Gasteiger partial charge in [0.1, 0.15) is 17.0 Å². The van der Waals surface area contributed by atoms with Crippen LogP contribution in [0.3, 0.4) is 0 Å². The second-order valence-corrected chi connectivity index (χ2v) is 11.3. The van der Waals surface area contributed by atoms with Crippen molar-refractivity contribution < 1.29 is 4.42 Å². The van der Waals surface area contributed by atoms with Crippen molar-refractivity contribution in [1.29, 1.82) is 0 Å². The minimum Gasteiger partial charge on any atom is -0.455 e. The number of hydrogen-bond donors (Lipinski definition) is 0. The summed E-state index contributed by atoms with van der Waals surface area (Å²) in [6.45, 7) is 0. The summed E-state index contributed by atoms with van der Waals surface area (Å²) < 4.78 is 8.83. The molecule has 5 heteroatoms. The Morgan fingerprint density at radius 1 is 0.457 bits per heavy atom. The van der Waals surface area contributed by atoms with Crippen LogP contribution < -0.4 is 0 Å². The van der Waals surface area contributed by atoms with Crippen molar-refractivity contribution in [2.45, 2.75) is 0 Å². The largest absolute Gasteiger partial charge is 0.455 e. The van der Waals surface area contributed by atoms with Crippen LogP contribution in [0.4, 0.5) is 0 Å². The molecule has 216 valence electrons. The Balaban J connectivity index is 1.12. The van der Waals surface area contributed by atoms with Crippen LogP contribution in [0, 0.1) is 0 Å². The van der Waals surface area contributed by atoms with E-state index in [1.807, 2.05) is 67.0 Å². The lowest BCUT2D eigenvalue weighted by atomic mass is 9.99. The number of para-hydroxylation sites is 5. The summed E-state index contributed by atoms with van der Waals surface area (Å²) in [4.78, 5) is 14.7. The van der Waals surface area contributed by atoms with Gasteiger partial charge in [-0.3, -0.25) is 4.57 Å². The highest BCUT2D eigenvalue weighted by atomic mass is 16.3. The fourth-order valence-corrected chi connectivity index (χ4v) is 6.34. The number of fused-ring (bicyclic) bond motifs is 4. The van der Waals surface area contributed by atoms with E-state index in [0.29, 0.717) is 5.82 Å². The van der Waals surface area contributed by atoms with E-state index in [1.54, 1.807) is 0 Å². The molecule has 0 bridgehead atoms. The SMILES string of the molecule is c1ccc(-c2ccc(-c3cccc4c3oc3c(-c5ncc(-c6nc7ccccc7n6-c6ccccc6)cn5)cccc34)cc2)cc1. The first-order valence-corrected chi connectivity index (χ1v) is 15.3. The zero-order valence-electron chi connectivity index (χ0n) is 24.7. The molecule has 9 rings (SSSR count). The Morgan fingerprint density at radius 3 is 1.78 bits per heavy atom. The maximum Gasteiger partial charge on any atom is 0.162 e. The molecular weight excluding hydrogens is 564 g/mol. The third kappa shape index (κ3) is 4.29. The normalized spacial score (nSPS) is 11.5. The molecule has 3 aromatic heterocycles. The summed E-state index contributed by atoms with van der Waals surface area (Å²) in [5.41, 5.74) is 10.8. The minimum absolute atomic E-state index is 0.601. The number of rotatable bonds is 5. The molecule has 0 spiro atoms. The Bertz CT molecular complexity index is 2500. The maximum absolute atomic E-state index is 6.67. The molecule has 0 fully saturated rings. The van der Waals surface area contributed by atoms with Crippen LogP contribution in [0.15, 0.2) is 162 Å². The van der Waals surface area contributed by atoms with Crippen LogP contribution in [-0.4, -0.2) is 19.5 Å². The van der Waals surface area contributed by atoms with Crippen LogP contribution in [0.5, 0.6) is 0 Å². The predicted octanol–water partition coefficient (Wildman–Crippen LogP) is 10.4. The van der Waals surface area contributed by atoms with Crippen LogP contribution in [0.1, 0.15) is 0 Å². The molecule has 0 N–H and O–H groups in total. The summed E-state index contributed by atoms with van der Waals surface area (Å²) in [5, 5.41) is 2.10. The summed E-state index contributed by atoms with van der Waals surface area (Å²) in [6.07, 6.45) is 3.70. The quantitative estimate of drug-likeness (QED) is 0.200. The number of hydrogen-bond acceptors (Lipinski definition) is 4. The van der Waals surface area contributed by atoms with E-state index in [2.05, 4.69) is 95.6 Å². The minimum atomic E-state index is 0.601. The zero-order chi connectivity index (χ0) is 30.5. The molecule has 9 aromatic rings. The topological polar surface area (TPSA) is 56.7 Å². The van der Waals surface area contributed by atoms with Gasteiger partial charge < -0.3 is 4.42 Å². The lowest BCUT2D eigenvalue weighted by Gasteiger charge is -2.09. The smallest absolute Gasteiger partial charge is 0.162 e. The lowest BCUT2D eigenvalue weighted by Crippen LogP contribution is -1.99. The summed E-state index contributed by atoms with van der Waals surface area (Å²) in [5.74, 6) is 1.40. The molecule has 0 aliphatic rings. The third-order valence-electron chi connectivity index (χ3n) is 8.55. The van der Waals surface area contributed by atoms with Crippen molar-refractivity contribution in [2.75, 3.05) is 0 Å². The molecule has 0 amide bonds. The Labute approximate surface area is 265 Å². The van der Waals surface area contributed by atoms with Gasteiger partial charge in [-0.25, -0.2) is 15.0 Å². The molecule has 0 atom stereocenters. The highest BCUT2D eigenvalue weighted by molar-refractivity contribution is 6.12. The lowest BCUT2D eigenvalue weighted by molar-refractivity contribution is 0.670. The van der Waals surface area contributed by atoms with Gasteiger partial charge in [0, 0.05) is 34.4 Å². The van der Waals surface area contributed by atoms with E-state index in [1.165, 1.54) is 11.1 Å². The molecule has 0 unspecified atom stereocenters. The molecule has 5 nitrogen and oxygen atoms in total. The van der Waals surface area contributed by atoms with Crippen molar-refractivity contribution >= 4 is 33.0 Å². The molecule has 46 heavy (non-hydrogen) atoms. The fourth-order valence-electron chi connectivity index (χ4n) is 6.34. The van der Waals surface area contributed by atoms with Crippen LogP contribution >= 0.6 is 0 Å². The van der Waals surface area contributed by atoms with Gasteiger partial charge in [-0.15, -0.1) is 0 Å². The first kappa shape index (κ1) is 26.1. The number of imidazole rings is 1. The van der Waals surface area contributed by atoms with Gasteiger partial charge in [-0.2, -0.15) is 0 Å². The molecule has 6 aromatic carbocycles. The maximum atomic E-state index is 6.67. The third-order valence-corrected chi connectivity index (χ3v) is 8.55. The van der Waals surface area contributed by atoms with Gasteiger partial charge >= 0.3 is 0 Å². The van der Waals surface area contributed by atoms with Gasteiger partial charge in [-0.05, 0) is 47.0 Å². The van der Waals surface area contributed by atoms with E-state index >= 15 is 0 Å². The molecule has 0 aliphatic heterocycles. The Morgan fingerprint density at radius 2 is 1.04 bits per heavy atom.